The third kappa shape index (κ3) is 2.10. The highest BCUT2D eigenvalue weighted by atomic mass is 31.2. The van der Waals surface area contributed by atoms with Crippen LogP contribution in [0, 0.1) is 0 Å². The maximum Gasteiger partial charge on any atom is 0.123 e. The molecule has 0 spiro atoms. The fraction of sp³-hybridized carbons (Fsp3) is 0.143. The van der Waals surface area contributed by atoms with Gasteiger partial charge in [-0.1, -0.05) is 36.4 Å². The van der Waals surface area contributed by atoms with E-state index < -0.39 is 15.8 Å². The minimum atomic E-state index is -0.788. The number of rotatable bonds is 2. The summed E-state index contributed by atoms with van der Waals surface area (Å²) in [5.74, 6) is 0.521. The van der Waals surface area contributed by atoms with Crippen LogP contribution in [0.1, 0.15) is 0 Å². The SMILES string of the molecule is NC1P(c2ccccc2O)C(N)P1c1ccccc1O. The summed E-state index contributed by atoms with van der Waals surface area (Å²) in [5.41, 5.74) is 12.5. The van der Waals surface area contributed by atoms with Crippen LogP contribution in [0.3, 0.4) is 0 Å². The average Bonchev–Trinajstić information content (AvgIpc) is 2.44. The molecule has 104 valence electrons. The van der Waals surface area contributed by atoms with E-state index >= 15 is 0 Å². The molecule has 2 aromatic carbocycles. The van der Waals surface area contributed by atoms with Crippen molar-refractivity contribution in [3.63, 3.8) is 0 Å². The Morgan fingerprint density at radius 2 is 1.05 bits per heavy atom. The number of phenolic OH excluding ortho intramolecular Hbond substituents is 2. The summed E-state index contributed by atoms with van der Waals surface area (Å²) >= 11 is 0. The van der Waals surface area contributed by atoms with Crippen molar-refractivity contribution in [3.8, 4) is 11.5 Å². The molecule has 4 nitrogen and oxygen atoms in total. The zero-order valence-electron chi connectivity index (χ0n) is 10.7. The molecule has 0 aromatic heterocycles. The molecule has 0 amide bonds. The van der Waals surface area contributed by atoms with Gasteiger partial charge in [0, 0.05) is 10.6 Å². The van der Waals surface area contributed by atoms with E-state index in [1.54, 1.807) is 24.3 Å². The van der Waals surface area contributed by atoms with Crippen molar-refractivity contribution < 1.29 is 10.2 Å². The third-order valence-corrected chi connectivity index (χ3v) is 10.6. The number of hydrogen-bond acceptors (Lipinski definition) is 4. The standard InChI is InChI=1S/C14H16N2O2P2/c15-13-19(11-7-3-1-5-9(11)17)14(16)20(13)12-8-4-2-6-10(12)18/h1-8,13-14,17-18H,15-16H2. The summed E-state index contributed by atoms with van der Waals surface area (Å²) < 4.78 is 0. The molecule has 0 saturated carbocycles. The van der Waals surface area contributed by atoms with E-state index in [-0.39, 0.29) is 22.5 Å². The highest BCUT2D eigenvalue weighted by molar-refractivity contribution is 7.99. The Balaban J connectivity index is 1.91. The molecule has 1 aliphatic rings. The average molecular weight is 306 g/mol. The lowest BCUT2D eigenvalue weighted by Crippen LogP contribution is -2.46. The number of para-hydroxylation sites is 2. The summed E-state index contributed by atoms with van der Waals surface area (Å²) in [6.07, 6.45) is 0. The topological polar surface area (TPSA) is 92.5 Å². The van der Waals surface area contributed by atoms with Crippen molar-refractivity contribution in [2.45, 2.75) is 11.0 Å². The van der Waals surface area contributed by atoms with Gasteiger partial charge in [0.05, 0.1) is 11.0 Å². The Morgan fingerprint density at radius 3 is 1.40 bits per heavy atom. The fourth-order valence-electron chi connectivity index (χ4n) is 2.45. The minimum absolute atomic E-state index is 0.0865. The summed E-state index contributed by atoms with van der Waals surface area (Å²) in [6.45, 7) is 0. The van der Waals surface area contributed by atoms with Gasteiger partial charge in [-0.2, -0.15) is 0 Å². The van der Waals surface area contributed by atoms with Crippen molar-refractivity contribution in [2.24, 2.45) is 11.5 Å². The Morgan fingerprint density at radius 1 is 0.700 bits per heavy atom. The van der Waals surface area contributed by atoms with Gasteiger partial charge in [0.1, 0.15) is 11.5 Å². The number of aromatic hydroxyl groups is 2. The molecule has 2 aromatic rings. The van der Waals surface area contributed by atoms with Crippen LogP contribution in [0.25, 0.3) is 0 Å². The van der Waals surface area contributed by atoms with Crippen LogP contribution in [0.2, 0.25) is 0 Å². The zero-order valence-corrected chi connectivity index (χ0v) is 12.5. The lowest BCUT2D eigenvalue weighted by atomic mass is 10.3. The number of phenols is 2. The highest BCUT2D eigenvalue weighted by Crippen LogP contribution is 2.75. The van der Waals surface area contributed by atoms with E-state index in [0.717, 1.165) is 10.6 Å². The lowest BCUT2D eigenvalue weighted by Gasteiger charge is -2.49. The molecule has 6 N–H and O–H groups in total. The first-order valence-electron chi connectivity index (χ1n) is 6.25. The normalized spacial score (nSPS) is 28.9. The molecule has 1 aliphatic heterocycles. The molecule has 3 rings (SSSR count). The summed E-state index contributed by atoms with van der Waals surface area (Å²) in [5, 5.41) is 21.6. The van der Waals surface area contributed by atoms with Crippen molar-refractivity contribution in [1.82, 2.24) is 0 Å². The molecule has 0 radical (unpaired) electrons. The summed E-state index contributed by atoms with van der Waals surface area (Å²) in [6, 6.07) is 14.5. The largest absolute Gasteiger partial charge is 0.507 e. The number of nitrogens with two attached hydrogens (primary N) is 2. The molecule has 0 unspecified atom stereocenters. The van der Waals surface area contributed by atoms with Gasteiger partial charge in [-0.3, -0.25) is 0 Å². The molecule has 1 fully saturated rings. The van der Waals surface area contributed by atoms with Crippen molar-refractivity contribution >= 4 is 26.5 Å². The summed E-state index contributed by atoms with van der Waals surface area (Å²) in [7, 11) is -1.58. The van der Waals surface area contributed by atoms with Crippen LogP contribution >= 0.6 is 15.8 Å². The van der Waals surface area contributed by atoms with E-state index in [1.165, 1.54) is 0 Å². The van der Waals surface area contributed by atoms with Gasteiger partial charge in [-0.15, -0.1) is 0 Å². The van der Waals surface area contributed by atoms with E-state index in [4.69, 9.17) is 11.5 Å². The molecule has 1 heterocycles. The number of hydrogen-bond donors (Lipinski definition) is 4. The predicted molar refractivity (Wildman–Crippen MR) is 85.3 cm³/mol. The van der Waals surface area contributed by atoms with Crippen LogP contribution in [-0.2, 0) is 0 Å². The van der Waals surface area contributed by atoms with Crippen molar-refractivity contribution in [1.29, 1.82) is 0 Å². The molecule has 6 heteroatoms. The van der Waals surface area contributed by atoms with Crippen LogP contribution in [0.15, 0.2) is 48.5 Å². The molecule has 0 bridgehead atoms. The monoisotopic (exact) mass is 306 g/mol. The van der Waals surface area contributed by atoms with Crippen LogP contribution < -0.4 is 22.1 Å². The maximum atomic E-state index is 9.96. The molecule has 0 atom stereocenters. The molecular formula is C14H16N2O2P2. The Labute approximate surface area is 119 Å². The lowest BCUT2D eigenvalue weighted by molar-refractivity contribution is 0.479. The fourth-order valence-corrected chi connectivity index (χ4v) is 9.77. The van der Waals surface area contributed by atoms with Crippen molar-refractivity contribution in [2.75, 3.05) is 0 Å². The van der Waals surface area contributed by atoms with Gasteiger partial charge >= 0.3 is 0 Å². The number of benzene rings is 2. The second kappa shape index (κ2) is 5.31. The predicted octanol–water partition coefficient (Wildman–Crippen LogP) is 1.51. The van der Waals surface area contributed by atoms with Crippen LogP contribution in [0.4, 0.5) is 0 Å². The first-order chi connectivity index (χ1) is 9.61. The quantitative estimate of drug-likeness (QED) is 0.633. The second-order valence-corrected chi connectivity index (χ2v) is 10.3. The van der Waals surface area contributed by atoms with E-state index in [1.807, 2.05) is 24.3 Å². The van der Waals surface area contributed by atoms with E-state index in [2.05, 4.69) is 0 Å². The van der Waals surface area contributed by atoms with Gasteiger partial charge in [-0.25, -0.2) is 0 Å². The Bertz CT molecular complexity index is 575. The van der Waals surface area contributed by atoms with Gasteiger partial charge in [-0.05, 0) is 28.0 Å². The second-order valence-electron chi connectivity index (χ2n) is 4.62. The summed E-state index contributed by atoms with van der Waals surface area (Å²) in [4.78, 5) is 0. The van der Waals surface area contributed by atoms with Crippen molar-refractivity contribution in [3.05, 3.63) is 48.5 Å². The molecular weight excluding hydrogens is 290 g/mol. The van der Waals surface area contributed by atoms with Gasteiger partial charge in [0.2, 0.25) is 0 Å². The van der Waals surface area contributed by atoms with E-state index in [9.17, 15) is 10.2 Å². The smallest absolute Gasteiger partial charge is 0.123 e. The first kappa shape index (κ1) is 13.8. The Hall–Kier alpha value is -1.18. The molecule has 20 heavy (non-hydrogen) atoms. The van der Waals surface area contributed by atoms with Gasteiger partial charge < -0.3 is 21.7 Å². The highest BCUT2D eigenvalue weighted by Gasteiger charge is 2.49. The zero-order chi connectivity index (χ0) is 14.3. The molecule has 1 saturated heterocycles. The van der Waals surface area contributed by atoms with Gasteiger partial charge in [0.15, 0.2) is 0 Å². The third-order valence-electron chi connectivity index (χ3n) is 3.46. The van der Waals surface area contributed by atoms with Crippen LogP contribution in [-0.4, -0.2) is 21.3 Å². The minimum Gasteiger partial charge on any atom is -0.507 e. The van der Waals surface area contributed by atoms with Gasteiger partial charge in [0.25, 0.3) is 0 Å². The van der Waals surface area contributed by atoms with E-state index in [0.29, 0.717) is 0 Å². The Kier molecular flexibility index (Phi) is 3.66. The maximum absolute atomic E-state index is 9.96. The van der Waals surface area contributed by atoms with Crippen LogP contribution in [0.5, 0.6) is 11.5 Å². The first-order valence-corrected chi connectivity index (χ1v) is 9.21. The molecule has 0 aliphatic carbocycles.